The predicted octanol–water partition coefficient (Wildman–Crippen LogP) is 5.66. The number of carbonyl (C=O) groups is 1. The SMILES string of the molecule is Cc1ccc(N2CCN(C(=O)COC3CCC(CNc4ccc(C)c(C(F)(F)F)c4)CC3)CC2)cc1. The Morgan fingerprint density at radius 3 is 2.28 bits per heavy atom. The third-order valence-electron chi connectivity index (χ3n) is 7.41. The highest BCUT2D eigenvalue weighted by atomic mass is 19.4. The second kappa shape index (κ2) is 11.5. The molecule has 0 bridgehead atoms. The molecule has 2 aliphatic rings. The third-order valence-corrected chi connectivity index (χ3v) is 7.41. The van der Waals surface area contributed by atoms with Crippen molar-refractivity contribution in [3.63, 3.8) is 0 Å². The Morgan fingerprint density at radius 2 is 1.64 bits per heavy atom. The molecule has 5 nitrogen and oxygen atoms in total. The molecule has 0 aromatic heterocycles. The van der Waals surface area contributed by atoms with Gasteiger partial charge in [-0.05, 0) is 75.3 Å². The minimum absolute atomic E-state index is 0.0437. The van der Waals surface area contributed by atoms with Crippen LogP contribution in [0.25, 0.3) is 0 Å². The monoisotopic (exact) mass is 503 g/mol. The van der Waals surface area contributed by atoms with Crippen LogP contribution in [0.5, 0.6) is 0 Å². The Kier molecular flexibility index (Phi) is 8.44. The maximum absolute atomic E-state index is 13.1. The van der Waals surface area contributed by atoms with Crippen LogP contribution in [0.4, 0.5) is 24.5 Å². The Hall–Kier alpha value is -2.74. The van der Waals surface area contributed by atoms with Gasteiger partial charge in [0.05, 0.1) is 11.7 Å². The molecular weight excluding hydrogens is 467 g/mol. The molecule has 2 aromatic rings. The Balaban J connectivity index is 1.14. The van der Waals surface area contributed by atoms with Gasteiger partial charge in [0.2, 0.25) is 5.91 Å². The molecular formula is C28H36F3N3O2. The summed E-state index contributed by atoms with van der Waals surface area (Å²) in [7, 11) is 0. The first-order chi connectivity index (χ1) is 17.2. The van der Waals surface area contributed by atoms with Crippen LogP contribution in [-0.4, -0.2) is 56.2 Å². The molecule has 8 heteroatoms. The van der Waals surface area contributed by atoms with Crippen molar-refractivity contribution in [2.75, 3.05) is 49.5 Å². The summed E-state index contributed by atoms with van der Waals surface area (Å²) in [4.78, 5) is 16.9. The number of amides is 1. The average Bonchev–Trinajstić information content (AvgIpc) is 2.87. The number of piperazine rings is 1. The number of carbonyl (C=O) groups excluding carboxylic acids is 1. The zero-order valence-electron chi connectivity index (χ0n) is 21.1. The summed E-state index contributed by atoms with van der Waals surface area (Å²) in [5.41, 5.74) is 2.57. The number of hydrogen-bond acceptors (Lipinski definition) is 4. The van der Waals surface area contributed by atoms with Gasteiger partial charge in [0.15, 0.2) is 0 Å². The zero-order valence-corrected chi connectivity index (χ0v) is 21.1. The number of benzene rings is 2. The van der Waals surface area contributed by atoms with Crippen molar-refractivity contribution in [1.82, 2.24) is 4.90 Å². The molecule has 1 amide bonds. The first-order valence-electron chi connectivity index (χ1n) is 12.8. The molecule has 1 saturated carbocycles. The van der Waals surface area contributed by atoms with E-state index in [1.807, 2.05) is 4.90 Å². The Labute approximate surface area is 211 Å². The van der Waals surface area contributed by atoms with Crippen molar-refractivity contribution in [3.8, 4) is 0 Å². The van der Waals surface area contributed by atoms with Crippen molar-refractivity contribution >= 4 is 17.3 Å². The molecule has 1 aliphatic heterocycles. The van der Waals surface area contributed by atoms with Crippen molar-refractivity contribution in [2.24, 2.45) is 5.92 Å². The van der Waals surface area contributed by atoms with E-state index in [1.165, 1.54) is 30.3 Å². The van der Waals surface area contributed by atoms with E-state index in [2.05, 4.69) is 41.4 Å². The van der Waals surface area contributed by atoms with Gasteiger partial charge >= 0.3 is 6.18 Å². The Bertz CT molecular complexity index is 1010. The van der Waals surface area contributed by atoms with Crippen molar-refractivity contribution < 1.29 is 22.7 Å². The summed E-state index contributed by atoms with van der Waals surface area (Å²) < 4.78 is 45.4. The standard InChI is InChI=1S/C28H36F3N3O2/c1-20-3-9-24(10-4-20)33-13-15-34(16-14-33)27(35)19-36-25-11-6-22(7-12-25)18-32-23-8-5-21(2)26(17-23)28(29,30)31/h3-5,8-10,17,22,25,32H,6-7,11-16,18-19H2,1-2H3. The van der Waals surface area contributed by atoms with Gasteiger partial charge in [0.1, 0.15) is 6.61 Å². The summed E-state index contributed by atoms with van der Waals surface area (Å²) in [6.07, 6.45) is -0.692. The summed E-state index contributed by atoms with van der Waals surface area (Å²) in [6, 6.07) is 12.9. The van der Waals surface area contributed by atoms with Gasteiger partial charge in [-0.15, -0.1) is 0 Å². The molecule has 1 N–H and O–H groups in total. The van der Waals surface area contributed by atoms with Crippen LogP contribution in [0.3, 0.4) is 0 Å². The van der Waals surface area contributed by atoms with Gasteiger partial charge in [-0.1, -0.05) is 23.8 Å². The van der Waals surface area contributed by atoms with E-state index in [0.717, 1.165) is 38.8 Å². The van der Waals surface area contributed by atoms with Crippen molar-refractivity contribution in [1.29, 1.82) is 0 Å². The molecule has 2 fully saturated rings. The van der Waals surface area contributed by atoms with Crippen LogP contribution in [0, 0.1) is 19.8 Å². The van der Waals surface area contributed by atoms with E-state index in [4.69, 9.17) is 4.74 Å². The van der Waals surface area contributed by atoms with Crippen molar-refractivity contribution in [2.45, 2.75) is 51.8 Å². The van der Waals surface area contributed by atoms with Gasteiger partial charge in [-0.3, -0.25) is 4.79 Å². The van der Waals surface area contributed by atoms with Crippen LogP contribution in [0.2, 0.25) is 0 Å². The largest absolute Gasteiger partial charge is 0.416 e. The summed E-state index contributed by atoms with van der Waals surface area (Å²) in [5, 5.41) is 3.17. The van der Waals surface area contributed by atoms with Crippen molar-refractivity contribution in [3.05, 3.63) is 59.2 Å². The maximum Gasteiger partial charge on any atom is 0.416 e. The number of alkyl halides is 3. The summed E-state index contributed by atoms with van der Waals surface area (Å²) in [5.74, 6) is 0.424. The number of rotatable bonds is 7. The van der Waals surface area contributed by atoms with Gasteiger partial charge in [0.25, 0.3) is 0 Å². The quantitative estimate of drug-likeness (QED) is 0.530. The first-order valence-corrected chi connectivity index (χ1v) is 12.8. The van der Waals surface area contributed by atoms with Crippen LogP contribution < -0.4 is 10.2 Å². The van der Waals surface area contributed by atoms with E-state index in [1.54, 1.807) is 6.07 Å². The molecule has 196 valence electrons. The minimum atomic E-state index is -4.34. The van der Waals surface area contributed by atoms with E-state index in [0.29, 0.717) is 31.2 Å². The molecule has 1 heterocycles. The van der Waals surface area contributed by atoms with Crippen LogP contribution >= 0.6 is 0 Å². The fraction of sp³-hybridized carbons (Fsp3) is 0.536. The van der Waals surface area contributed by atoms with Gasteiger partial charge in [-0.2, -0.15) is 13.2 Å². The lowest BCUT2D eigenvalue weighted by Gasteiger charge is -2.36. The Morgan fingerprint density at radius 1 is 0.972 bits per heavy atom. The third kappa shape index (κ3) is 6.93. The number of nitrogens with zero attached hydrogens (tertiary/aromatic N) is 2. The molecule has 1 saturated heterocycles. The topological polar surface area (TPSA) is 44.8 Å². The molecule has 4 rings (SSSR count). The number of ether oxygens (including phenoxy) is 1. The normalized spacial score (nSPS) is 20.9. The molecule has 1 aliphatic carbocycles. The van der Waals surface area contributed by atoms with E-state index >= 15 is 0 Å². The number of anilines is 2. The highest BCUT2D eigenvalue weighted by Crippen LogP contribution is 2.34. The van der Waals surface area contributed by atoms with Crippen LogP contribution in [0.1, 0.15) is 42.4 Å². The number of aryl methyl sites for hydroxylation is 2. The van der Waals surface area contributed by atoms with E-state index < -0.39 is 11.7 Å². The predicted molar refractivity (Wildman–Crippen MR) is 136 cm³/mol. The molecule has 2 aromatic carbocycles. The van der Waals surface area contributed by atoms with E-state index in [-0.39, 0.29) is 24.2 Å². The molecule has 0 spiro atoms. The molecule has 0 unspecified atom stereocenters. The summed E-state index contributed by atoms with van der Waals surface area (Å²) >= 11 is 0. The fourth-order valence-corrected chi connectivity index (χ4v) is 5.05. The van der Waals surface area contributed by atoms with Gasteiger partial charge in [-0.25, -0.2) is 0 Å². The van der Waals surface area contributed by atoms with Crippen LogP contribution in [0.15, 0.2) is 42.5 Å². The highest BCUT2D eigenvalue weighted by Gasteiger charge is 2.32. The second-order valence-corrected chi connectivity index (χ2v) is 10.1. The minimum Gasteiger partial charge on any atom is -0.385 e. The fourth-order valence-electron chi connectivity index (χ4n) is 5.05. The van der Waals surface area contributed by atoms with Crippen LogP contribution in [-0.2, 0) is 15.7 Å². The smallest absolute Gasteiger partial charge is 0.385 e. The number of hydrogen-bond donors (Lipinski definition) is 1. The zero-order chi connectivity index (χ0) is 25.7. The molecule has 0 atom stereocenters. The maximum atomic E-state index is 13.1. The lowest BCUT2D eigenvalue weighted by atomic mass is 9.87. The van der Waals surface area contributed by atoms with Gasteiger partial charge in [0, 0.05) is 44.1 Å². The lowest BCUT2D eigenvalue weighted by molar-refractivity contribution is -0.139. The second-order valence-electron chi connectivity index (χ2n) is 10.1. The van der Waals surface area contributed by atoms with Gasteiger partial charge < -0.3 is 19.9 Å². The average molecular weight is 504 g/mol. The molecule has 0 radical (unpaired) electrons. The first kappa shape index (κ1) is 26.3. The summed E-state index contributed by atoms with van der Waals surface area (Å²) in [6.45, 7) is 7.33. The highest BCUT2D eigenvalue weighted by molar-refractivity contribution is 5.77. The molecule has 36 heavy (non-hydrogen) atoms. The number of halogens is 3. The lowest BCUT2D eigenvalue weighted by Crippen LogP contribution is -2.50. The van der Waals surface area contributed by atoms with E-state index in [9.17, 15) is 18.0 Å². The number of nitrogens with one attached hydrogen (secondary N) is 1.